The van der Waals surface area contributed by atoms with Crippen molar-refractivity contribution in [2.75, 3.05) is 0 Å². The van der Waals surface area contributed by atoms with Gasteiger partial charge in [0.2, 0.25) is 0 Å². The predicted molar refractivity (Wildman–Crippen MR) is 77.8 cm³/mol. The highest BCUT2D eigenvalue weighted by atomic mass is 16.4. The summed E-state index contributed by atoms with van der Waals surface area (Å²) in [4.78, 5) is 11.4. The summed E-state index contributed by atoms with van der Waals surface area (Å²) < 4.78 is 1.59. The van der Waals surface area contributed by atoms with E-state index in [0.717, 1.165) is 5.56 Å². The average molecular weight is 288 g/mol. The van der Waals surface area contributed by atoms with Gasteiger partial charge in [-0.15, -0.1) is 5.10 Å². The van der Waals surface area contributed by atoms with Crippen molar-refractivity contribution in [3.05, 3.63) is 41.2 Å². The third kappa shape index (κ3) is 3.45. The number of hydrogen-bond donors (Lipinski definition) is 1. The van der Waals surface area contributed by atoms with Gasteiger partial charge in [-0.1, -0.05) is 36.8 Å². The van der Waals surface area contributed by atoms with Gasteiger partial charge in [-0.3, -0.25) is 4.79 Å². The van der Waals surface area contributed by atoms with Gasteiger partial charge in [0.05, 0.1) is 12.0 Å². The summed E-state index contributed by atoms with van der Waals surface area (Å²) in [6, 6.07) is 8.14. The van der Waals surface area contributed by atoms with Crippen LogP contribution in [-0.2, 0) is 17.8 Å². The summed E-state index contributed by atoms with van der Waals surface area (Å²) in [7, 11) is 0. The summed E-state index contributed by atoms with van der Waals surface area (Å²) in [5.41, 5.74) is 1.44. The van der Waals surface area contributed by atoms with Crippen LogP contribution < -0.4 is 0 Å². The van der Waals surface area contributed by atoms with Crippen LogP contribution in [-0.4, -0.2) is 31.3 Å². The first-order chi connectivity index (χ1) is 9.94. The van der Waals surface area contributed by atoms with Crippen LogP contribution >= 0.6 is 0 Å². The molecule has 2 aromatic rings. The molecule has 0 saturated heterocycles. The molecule has 1 heterocycles. The van der Waals surface area contributed by atoms with Crippen LogP contribution in [0.15, 0.2) is 24.3 Å². The van der Waals surface area contributed by atoms with Crippen LogP contribution in [0, 0.1) is 12.3 Å². The van der Waals surface area contributed by atoms with Crippen molar-refractivity contribution in [1.82, 2.24) is 20.2 Å². The second kappa shape index (κ2) is 6.03. The fourth-order valence-corrected chi connectivity index (χ4v) is 2.02. The molecule has 0 aliphatic heterocycles. The quantitative estimate of drug-likeness (QED) is 0.880. The molecular weight excluding hydrogens is 268 g/mol. The third-order valence-electron chi connectivity index (χ3n) is 3.88. The van der Waals surface area contributed by atoms with E-state index in [1.54, 1.807) is 11.6 Å². The summed E-state index contributed by atoms with van der Waals surface area (Å²) >= 11 is 0. The first-order valence-corrected chi connectivity index (χ1v) is 6.98. The number of aryl methyl sites for hydroxylation is 1. The Kier molecular flexibility index (Phi) is 4.35. The zero-order valence-corrected chi connectivity index (χ0v) is 12.6. The number of nitrogens with zero attached hydrogens (tertiary/aromatic N) is 4. The molecule has 1 N–H and O–H groups in total. The minimum absolute atomic E-state index is 0.271. The van der Waals surface area contributed by atoms with Gasteiger partial charge in [0.1, 0.15) is 0 Å². The van der Waals surface area contributed by atoms with Crippen molar-refractivity contribution < 1.29 is 9.90 Å². The van der Waals surface area contributed by atoms with Crippen LogP contribution in [0.25, 0.3) is 0 Å². The third-order valence-corrected chi connectivity index (χ3v) is 3.88. The maximum Gasteiger partial charge on any atom is 0.311 e. The molecule has 1 atom stereocenters. The molecule has 0 radical (unpaired) electrons. The number of carbonyl (C=O) groups is 1. The van der Waals surface area contributed by atoms with E-state index in [1.165, 1.54) is 5.56 Å². The fraction of sp³-hybridized carbons (Fsp3) is 0.467. The maximum absolute atomic E-state index is 11.4. The molecule has 2 rings (SSSR count). The average Bonchev–Trinajstić information content (AvgIpc) is 2.88. The monoisotopic (exact) mass is 288 g/mol. The molecule has 0 fully saturated rings. The Bertz CT molecular complexity index is 621. The Balaban J connectivity index is 2.19. The van der Waals surface area contributed by atoms with Crippen LogP contribution in [0.1, 0.15) is 37.2 Å². The van der Waals surface area contributed by atoms with Crippen molar-refractivity contribution in [3.8, 4) is 0 Å². The van der Waals surface area contributed by atoms with Gasteiger partial charge >= 0.3 is 5.97 Å². The number of tetrazole rings is 1. The van der Waals surface area contributed by atoms with Gasteiger partial charge < -0.3 is 5.11 Å². The molecule has 1 unspecified atom stereocenters. The van der Waals surface area contributed by atoms with Crippen LogP contribution in [0.2, 0.25) is 0 Å². The number of benzene rings is 1. The van der Waals surface area contributed by atoms with Gasteiger partial charge in [-0.05, 0) is 36.3 Å². The van der Waals surface area contributed by atoms with Crippen molar-refractivity contribution in [2.45, 2.75) is 40.2 Å². The smallest absolute Gasteiger partial charge is 0.311 e. The van der Waals surface area contributed by atoms with Crippen LogP contribution in [0.5, 0.6) is 0 Å². The largest absolute Gasteiger partial charge is 0.481 e. The Morgan fingerprint density at radius 2 is 2.00 bits per heavy atom. The van der Waals surface area contributed by atoms with E-state index in [0.29, 0.717) is 18.7 Å². The highest BCUT2D eigenvalue weighted by molar-refractivity contribution is 5.73. The maximum atomic E-state index is 11.4. The second-order valence-corrected chi connectivity index (χ2v) is 5.63. The first kappa shape index (κ1) is 15.2. The number of aliphatic carboxylic acids is 1. The summed E-state index contributed by atoms with van der Waals surface area (Å²) in [5.74, 6) is -0.151. The number of hydrogen-bond acceptors (Lipinski definition) is 4. The van der Waals surface area contributed by atoms with Crippen LogP contribution in [0.4, 0.5) is 0 Å². The molecule has 0 saturated carbocycles. The lowest BCUT2D eigenvalue weighted by Crippen LogP contribution is -2.33. The van der Waals surface area contributed by atoms with E-state index in [2.05, 4.69) is 15.5 Å². The molecule has 0 amide bonds. The Labute approximate surface area is 123 Å². The number of aromatic nitrogens is 4. The summed E-state index contributed by atoms with van der Waals surface area (Å²) in [6.45, 7) is 5.88. The molecule has 0 aliphatic carbocycles. The van der Waals surface area contributed by atoms with Gasteiger partial charge in [0.15, 0.2) is 5.82 Å². The van der Waals surface area contributed by atoms with Crippen LogP contribution in [0.3, 0.4) is 0 Å². The molecule has 1 aromatic carbocycles. The normalized spacial score (nSPS) is 13.9. The molecule has 0 spiro atoms. The zero-order chi connectivity index (χ0) is 15.5. The minimum Gasteiger partial charge on any atom is -0.481 e. The summed E-state index contributed by atoms with van der Waals surface area (Å²) in [5, 5.41) is 21.0. The highest BCUT2D eigenvalue weighted by Crippen LogP contribution is 2.24. The fourth-order valence-electron chi connectivity index (χ4n) is 2.02. The molecule has 0 aliphatic rings. The van der Waals surface area contributed by atoms with Crippen molar-refractivity contribution in [1.29, 1.82) is 0 Å². The van der Waals surface area contributed by atoms with E-state index >= 15 is 0 Å². The van der Waals surface area contributed by atoms with Crippen molar-refractivity contribution in [2.24, 2.45) is 5.41 Å². The van der Waals surface area contributed by atoms with Gasteiger partial charge in [0.25, 0.3) is 0 Å². The minimum atomic E-state index is -0.864. The van der Waals surface area contributed by atoms with Gasteiger partial charge in [-0.2, -0.15) is 0 Å². The van der Waals surface area contributed by atoms with Gasteiger partial charge in [0, 0.05) is 6.42 Å². The van der Waals surface area contributed by atoms with Crippen molar-refractivity contribution >= 4 is 5.97 Å². The molecule has 6 nitrogen and oxygen atoms in total. The van der Waals surface area contributed by atoms with E-state index in [4.69, 9.17) is 0 Å². The topological polar surface area (TPSA) is 80.9 Å². The standard InChI is InChI=1S/C15H20N4O2/c1-4-15(3,14(20)21)10-19-13(16-17-18-19)9-12-7-5-11(2)6-8-12/h5-8H,4,9-10H2,1-3H3,(H,20,21). The van der Waals surface area contributed by atoms with E-state index in [9.17, 15) is 9.90 Å². The number of rotatable bonds is 6. The van der Waals surface area contributed by atoms with E-state index < -0.39 is 11.4 Å². The molecule has 1 aromatic heterocycles. The highest BCUT2D eigenvalue weighted by Gasteiger charge is 2.33. The molecule has 6 heteroatoms. The zero-order valence-electron chi connectivity index (χ0n) is 12.6. The van der Waals surface area contributed by atoms with E-state index in [-0.39, 0.29) is 6.54 Å². The predicted octanol–water partition coefficient (Wildman–Crippen LogP) is 2.07. The molecular formula is C15H20N4O2. The Hall–Kier alpha value is -2.24. The first-order valence-electron chi connectivity index (χ1n) is 6.98. The number of carboxylic acids is 1. The SMILES string of the molecule is CCC(C)(Cn1nnnc1Cc1ccc(C)cc1)C(=O)O. The lowest BCUT2D eigenvalue weighted by molar-refractivity contribution is -0.149. The van der Waals surface area contributed by atoms with Crippen molar-refractivity contribution in [3.63, 3.8) is 0 Å². The summed E-state index contributed by atoms with van der Waals surface area (Å²) in [6.07, 6.45) is 1.11. The lowest BCUT2D eigenvalue weighted by Gasteiger charge is -2.22. The number of carboxylic acid groups (broad SMARTS) is 1. The Morgan fingerprint density at radius 3 is 2.57 bits per heavy atom. The van der Waals surface area contributed by atoms with E-state index in [1.807, 2.05) is 38.1 Å². The van der Waals surface area contributed by atoms with Gasteiger partial charge in [-0.25, -0.2) is 4.68 Å². The molecule has 21 heavy (non-hydrogen) atoms. The molecule has 112 valence electrons. The lowest BCUT2D eigenvalue weighted by atomic mass is 9.88. The second-order valence-electron chi connectivity index (χ2n) is 5.63. The Morgan fingerprint density at radius 1 is 1.33 bits per heavy atom. The molecule has 0 bridgehead atoms.